The van der Waals surface area contributed by atoms with Crippen molar-refractivity contribution >= 4 is 22.8 Å². The average Bonchev–Trinajstić information content (AvgIpc) is 3.03. The molecule has 0 saturated carbocycles. The van der Waals surface area contributed by atoms with Crippen LogP contribution < -0.4 is 4.74 Å². The Morgan fingerprint density at radius 2 is 1.89 bits per heavy atom. The molecule has 1 aromatic heterocycles. The first-order valence-corrected chi connectivity index (χ1v) is 10.2. The first-order chi connectivity index (χ1) is 13.6. The molecule has 4 rings (SSSR count). The van der Waals surface area contributed by atoms with Crippen molar-refractivity contribution < 1.29 is 9.13 Å². The zero-order valence-corrected chi connectivity index (χ0v) is 16.8. The molecule has 1 saturated heterocycles. The van der Waals surface area contributed by atoms with Crippen molar-refractivity contribution in [3.05, 3.63) is 48.3 Å². The van der Waals surface area contributed by atoms with Crippen LogP contribution in [0.5, 0.6) is 5.75 Å². The Morgan fingerprint density at radius 3 is 2.64 bits per heavy atom. The van der Waals surface area contributed by atoms with Crippen molar-refractivity contribution in [2.75, 3.05) is 26.7 Å². The number of hydrogen-bond acceptors (Lipinski definition) is 3. The molecule has 0 aliphatic carbocycles. The summed E-state index contributed by atoms with van der Waals surface area (Å²) < 4.78 is 20.7. The van der Waals surface area contributed by atoms with Crippen molar-refractivity contribution in [2.24, 2.45) is 5.92 Å². The quantitative estimate of drug-likeness (QED) is 0.522. The van der Waals surface area contributed by atoms with Crippen LogP contribution in [0.1, 0.15) is 25.7 Å². The topological polar surface area (TPSA) is 30.3 Å². The minimum absolute atomic E-state index is 0.329. The molecule has 0 atom stereocenters. The van der Waals surface area contributed by atoms with Gasteiger partial charge >= 0.3 is 0 Å². The molecule has 3 aromatic rings. The Hall–Kier alpha value is -2.11. The van der Waals surface area contributed by atoms with Gasteiger partial charge in [-0.25, -0.2) is 13.5 Å². The summed E-state index contributed by atoms with van der Waals surface area (Å²) in [5.74, 6) is 1.94. The molecular formula is C22H25ClFN3O. The number of benzene rings is 2. The lowest BCUT2D eigenvalue weighted by Crippen LogP contribution is -2.30. The summed E-state index contributed by atoms with van der Waals surface area (Å²) in [7, 11) is 2.19. The van der Waals surface area contributed by atoms with Crippen LogP contribution >= 0.6 is 11.8 Å². The highest BCUT2D eigenvalue weighted by molar-refractivity contribution is 6.20. The van der Waals surface area contributed by atoms with Gasteiger partial charge in [-0.15, -0.1) is 0 Å². The molecule has 0 amide bonds. The molecule has 6 heteroatoms. The van der Waals surface area contributed by atoms with Crippen LogP contribution in [0.2, 0.25) is 0 Å². The molecule has 148 valence electrons. The lowest BCUT2D eigenvalue weighted by Gasteiger charge is -2.28. The number of hydrogen-bond donors (Lipinski definition) is 0. The third-order valence-electron chi connectivity index (χ3n) is 5.54. The zero-order valence-electron chi connectivity index (χ0n) is 16.1. The molecular weight excluding hydrogens is 377 g/mol. The van der Waals surface area contributed by atoms with Crippen LogP contribution in [-0.2, 0) is 0 Å². The van der Waals surface area contributed by atoms with Gasteiger partial charge in [0.15, 0.2) is 5.82 Å². The molecule has 1 fully saturated rings. The number of nitrogens with zero attached hydrogens (tertiary/aromatic N) is 3. The van der Waals surface area contributed by atoms with Gasteiger partial charge in [-0.1, -0.05) is 0 Å². The van der Waals surface area contributed by atoms with Gasteiger partial charge in [0.1, 0.15) is 11.6 Å². The van der Waals surface area contributed by atoms with E-state index in [9.17, 15) is 4.39 Å². The van der Waals surface area contributed by atoms with E-state index in [4.69, 9.17) is 16.5 Å². The lowest BCUT2D eigenvalue weighted by molar-refractivity contribution is 0.200. The second-order valence-corrected chi connectivity index (χ2v) is 7.95. The van der Waals surface area contributed by atoms with E-state index >= 15 is 0 Å². The number of likely N-dealkylation sites (tertiary alicyclic amines) is 1. The van der Waals surface area contributed by atoms with Crippen LogP contribution in [0, 0.1) is 11.7 Å². The predicted molar refractivity (Wildman–Crippen MR) is 111 cm³/mol. The van der Waals surface area contributed by atoms with Crippen molar-refractivity contribution in [3.8, 4) is 17.1 Å². The highest BCUT2D eigenvalue weighted by Crippen LogP contribution is 2.28. The van der Waals surface area contributed by atoms with Gasteiger partial charge < -0.3 is 9.64 Å². The summed E-state index contributed by atoms with van der Waals surface area (Å²) in [6.45, 7) is 3.16. The molecule has 2 aromatic carbocycles. The summed E-state index contributed by atoms with van der Waals surface area (Å²) in [6, 6.07) is 12.1. The van der Waals surface area contributed by atoms with E-state index in [0.717, 1.165) is 30.3 Å². The number of ether oxygens (including phenoxy) is 1. The number of halogens is 2. The van der Waals surface area contributed by atoms with Gasteiger partial charge in [0.05, 0.1) is 17.6 Å². The van der Waals surface area contributed by atoms with E-state index in [1.54, 1.807) is 6.07 Å². The maximum Gasteiger partial charge on any atom is 0.155 e. The maximum absolute atomic E-state index is 13.4. The molecule has 1 aliphatic heterocycles. The smallest absolute Gasteiger partial charge is 0.155 e. The minimum atomic E-state index is -0.329. The van der Waals surface area contributed by atoms with Crippen LogP contribution in [0.4, 0.5) is 4.39 Å². The number of aromatic nitrogens is 2. The van der Waals surface area contributed by atoms with Crippen LogP contribution in [-0.4, -0.2) is 40.7 Å². The van der Waals surface area contributed by atoms with Crippen molar-refractivity contribution in [3.63, 3.8) is 0 Å². The summed E-state index contributed by atoms with van der Waals surface area (Å²) in [5.41, 5.74) is 2.09. The van der Waals surface area contributed by atoms with E-state index in [-0.39, 0.29) is 5.82 Å². The van der Waals surface area contributed by atoms with Crippen molar-refractivity contribution in [1.82, 2.24) is 14.0 Å². The fourth-order valence-corrected chi connectivity index (χ4v) is 4.08. The van der Waals surface area contributed by atoms with Gasteiger partial charge in [-0.05, 0) is 88.1 Å². The molecule has 0 N–H and O–H groups in total. The predicted octanol–water partition coefficient (Wildman–Crippen LogP) is 5.35. The first kappa shape index (κ1) is 19.2. The van der Waals surface area contributed by atoms with E-state index in [2.05, 4.69) is 16.9 Å². The summed E-state index contributed by atoms with van der Waals surface area (Å²) in [6.07, 6.45) is 4.92. The molecule has 28 heavy (non-hydrogen) atoms. The third-order valence-corrected chi connectivity index (χ3v) is 5.88. The van der Waals surface area contributed by atoms with Gasteiger partial charge in [0.25, 0.3) is 0 Å². The fraction of sp³-hybridized carbons (Fsp3) is 0.409. The second kappa shape index (κ2) is 8.50. The molecule has 2 heterocycles. The SMILES string of the molecule is CN1CCC(CCCOc2ccc(-c3nc4ccc(F)cc4n3Cl)cc2)CC1. The largest absolute Gasteiger partial charge is 0.494 e. The summed E-state index contributed by atoms with van der Waals surface area (Å²) in [5, 5.41) is 0. The Bertz CT molecular complexity index is 933. The maximum atomic E-state index is 13.4. The first-order valence-electron chi connectivity index (χ1n) is 9.86. The van der Waals surface area contributed by atoms with Crippen LogP contribution in [0.3, 0.4) is 0 Å². The average molecular weight is 402 g/mol. The van der Waals surface area contributed by atoms with Crippen molar-refractivity contribution in [2.45, 2.75) is 25.7 Å². The highest BCUT2D eigenvalue weighted by atomic mass is 35.5. The standard InChI is InChI=1S/C22H25ClFN3O/c1-26-12-10-16(11-13-26)3-2-14-28-19-7-4-17(5-8-19)22-25-20-9-6-18(24)15-21(20)27(22)23/h4-9,15-16H,2-3,10-14H2,1H3. The minimum Gasteiger partial charge on any atom is -0.494 e. The van der Waals surface area contributed by atoms with Crippen LogP contribution in [0.15, 0.2) is 42.5 Å². The lowest BCUT2D eigenvalue weighted by atomic mass is 9.93. The number of piperidine rings is 1. The summed E-state index contributed by atoms with van der Waals surface area (Å²) in [4.78, 5) is 6.91. The Morgan fingerprint density at radius 1 is 1.14 bits per heavy atom. The Balaban J connectivity index is 1.33. The molecule has 4 nitrogen and oxygen atoms in total. The van der Waals surface area contributed by atoms with Gasteiger partial charge in [0.2, 0.25) is 0 Å². The van der Waals surface area contributed by atoms with Crippen molar-refractivity contribution in [1.29, 1.82) is 0 Å². The molecule has 0 radical (unpaired) electrons. The second-order valence-electron chi connectivity index (χ2n) is 7.61. The number of fused-ring (bicyclic) bond motifs is 1. The number of rotatable bonds is 6. The monoisotopic (exact) mass is 401 g/mol. The molecule has 0 spiro atoms. The van der Waals surface area contributed by atoms with Gasteiger partial charge in [0, 0.05) is 23.4 Å². The Kier molecular flexibility index (Phi) is 5.83. The fourth-order valence-electron chi connectivity index (χ4n) is 3.81. The van der Waals surface area contributed by atoms with E-state index in [1.165, 1.54) is 48.6 Å². The van der Waals surface area contributed by atoms with E-state index in [0.29, 0.717) is 16.9 Å². The van der Waals surface area contributed by atoms with E-state index in [1.807, 2.05) is 24.3 Å². The Labute approximate surface area is 170 Å². The number of imidazole rings is 1. The normalized spacial score (nSPS) is 16.0. The molecule has 0 unspecified atom stereocenters. The van der Waals surface area contributed by atoms with E-state index < -0.39 is 0 Å². The third kappa shape index (κ3) is 4.31. The zero-order chi connectivity index (χ0) is 19.5. The molecule has 0 bridgehead atoms. The summed E-state index contributed by atoms with van der Waals surface area (Å²) >= 11 is 6.34. The van der Waals surface area contributed by atoms with Gasteiger partial charge in [-0.3, -0.25) is 0 Å². The molecule has 1 aliphatic rings. The highest BCUT2D eigenvalue weighted by Gasteiger charge is 2.16. The van der Waals surface area contributed by atoms with Crippen LogP contribution in [0.25, 0.3) is 22.4 Å². The van der Waals surface area contributed by atoms with Gasteiger partial charge in [-0.2, -0.15) is 0 Å².